The maximum absolute atomic E-state index is 12.6. The maximum Gasteiger partial charge on any atom is 0.225 e. The summed E-state index contributed by atoms with van der Waals surface area (Å²) in [5.41, 5.74) is 1.05. The number of hydrogen-bond donors (Lipinski definition) is 1. The third-order valence-electron chi connectivity index (χ3n) is 5.89. The number of carbonyl (C=O) groups excluding carboxylic acids is 2. The van der Waals surface area contributed by atoms with Crippen molar-refractivity contribution >= 4 is 11.8 Å². The zero-order valence-corrected chi connectivity index (χ0v) is 15.0. The Balaban J connectivity index is 1.33. The van der Waals surface area contributed by atoms with E-state index >= 15 is 0 Å². The van der Waals surface area contributed by atoms with E-state index in [1.165, 1.54) is 12.8 Å². The first-order valence-corrected chi connectivity index (χ1v) is 9.69. The number of aromatic nitrogens is 2. The summed E-state index contributed by atoms with van der Waals surface area (Å²) in [6.07, 6.45) is 7.79. The van der Waals surface area contributed by atoms with Crippen LogP contribution in [0.2, 0.25) is 0 Å². The lowest BCUT2D eigenvalue weighted by Crippen LogP contribution is -2.42. The molecule has 25 heavy (non-hydrogen) atoms. The van der Waals surface area contributed by atoms with Crippen molar-refractivity contribution < 1.29 is 9.59 Å². The molecule has 0 aromatic carbocycles. The average molecular weight is 344 g/mol. The largest absolute Gasteiger partial charge is 0.350 e. The van der Waals surface area contributed by atoms with Gasteiger partial charge in [-0.05, 0) is 37.5 Å². The first-order valence-electron chi connectivity index (χ1n) is 9.69. The number of amides is 2. The summed E-state index contributed by atoms with van der Waals surface area (Å²) in [6, 6.07) is 0. The quantitative estimate of drug-likeness (QED) is 0.884. The zero-order valence-electron chi connectivity index (χ0n) is 15.0. The molecule has 4 rings (SSSR count). The van der Waals surface area contributed by atoms with Gasteiger partial charge in [0.2, 0.25) is 11.8 Å². The first-order chi connectivity index (χ1) is 12.1. The van der Waals surface area contributed by atoms with Crippen molar-refractivity contribution in [3.63, 3.8) is 0 Å². The minimum Gasteiger partial charge on any atom is -0.350 e. The Kier molecular flexibility index (Phi) is 4.52. The Morgan fingerprint density at radius 1 is 1.24 bits per heavy atom. The normalized spacial score (nSPS) is 25.7. The number of carbonyl (C=O) groups is 2. The second-order valence-electron chi connectivity index (χ2n) is 8.09. The van der Waals surface area contributed by atoms with Gasteiger partial charge >= 0.3 is 0 Å². The minimum absolute atomic E-state index is 0.141. The van der Waals surface area contributed by atoms with Crippen LogP contribution in [0.25, 0.3) is 0 Å². The number of fused-ring (bicyclic) bond motifs is 1. The molecule has 2 heterocycles. The van der Waals surface area contributed by atoms with Crippen molar-refractivity contribution in [1.82, 2.24) is 19.8 Å². The fourth-order valence-corrected chi connectivity index (χ4v) is 4.06. The van der Waals surface area contributed by atoms with Crippen molar-refractivity contribution in [3.05, 3.63) is 17.7 Å². The van der Waals surface area contributed by atoms with Gasteiger partial charge in [0, 0.05) is 38.4 Å². The Morgan fingerprint density at radius 2 is 2.04 bits per heavy atom. The first kappa shape index (κ1) is 16.6. The second kappa shape index (κ2) is 6.81. The van der Waals surface area contributed by atoms with Crippen molar-refractivity contribution in [2.45, 2.75) is 58.5 Å². The highest BCUT2D eigenvalue weighted by Crippen LogP contribution is 2.34. The van der Waals surface area contributed by atoms with Crippen LogP contribution < -0.4 is 5.32 Å². The molecule has 1 aliphatic heterocycles. The van der Waals surface area contributed by atoms with Gasteiger partial charge in [-0.15, -0.1) is 0 Å². The zero-order chi connectivity index (χ0) is 17.4. The van der Waals surface area contributed by atoms with Crippen LogP contribution in [0.3, 0.4) is 0 Å². The second-order valence-corrected chi connectivity index (χ2v) is 8.09. The molecule has 1 N–H and O–H groups in total. The maximum atomic E-state index is 12.6. The van der Waals surface area contributed by atoms with Crippen LogP contribution in [-0.4, -0.2) is 39.4 Å². The van der Waals surface area contributed by atoms with Crippen LogP contribution >= 0.6 is 0 Å². The lowest BCUT2D eigenvalue weighted by Gasteiger charge is -2.35. The summed E-state index contributed by atoms with van der Waals surface area (Å²) in [7, 11) is 0. The Hall–Kier alpha value is -1.85. The molecule has 2 fully saturated rings. The van der Waals surface area contributed by atoms with E-state index in [1.807, 2.05) is 11.1 Å². The highest BCUT2D eigenvalue weighted by molar-refractivity contribution is 5.79. The summed E-state index contributed by atoms with van der Waals surface area (Å²) < 4.78 is 2.19. The van der Waals surface area contributed by atoms with Gasteiger partial charge in [0.25, 0.3) is 0 Å². The highest BCUT2D eigenvalue weighted by atomic mass is 16.2. The molecule has 2 amide bonds. The molecule has 2 saturated carbocycles. The van der Waals surface area contributed by atoms with Crippen LogP contribution in [0.4, 0.5) is 0 Å². The monoisotopic (exact) mass is 344 g/mol. The number of nitrogens with one attached hydrogen (secondary N) is 1. The standard InChI is InChI=1S/C19H28N4O2/c1-13-8-15(9-13)19(25)22-5-4-17-20-11-16(23(17)7-6-22)12-21-18(24)10-14-2-3-14/h11,13-15H,2-10,12H2,1H3,(H,21,24). The third kappa shape index (κ3) is 3.72. The molecule has 6 heteroatoms. The number of hydrogen-bond acceptors (Lipinski definition) is 3. The molecule has 0 spiro atoms. The van der Waals surface area contributed by atoms with E-state index in [2.05, 4.69) is 21.8 Å². The molecule has 1 aromatic rings. The van der Waals surface area contributed by atoms with Gasteiger partial charge in [-0.3, -0.25) is 9.59 Å². The van der Waals surface area contributed by atoms with Crippen LogP contribution in [0.5, 0.6) is 0 Å². The molecular formula is C19H28N4O2. The third-order valence-corrected chi connectivity index (χ3v) is 5.89. The molecule has 0 saturated heterocycles. The topological polar surface area (TPSA) is 67.2 Å². The summed E-state index contributed by atoms with van der Waals surface area (Å²) in [5, 5.41) is 3.02. The molecule has 3 aliphatic rings. The Morgan fingerprint density at radius 3 is 2.76 bits per heavy atom. The van der Waals surface area contributed by atoms with Gasteiger partial charge in [0.1, 0.15) is 5.82 Å². The lowest BCUT2D eigenvalue weighted by molar-refractivity contribution is -0.139. The number of nitrogens with zero attached hydrogens (tertiary/aromatic N) is 3. The minimum atomic E-state index is 0.141. The molecule has 0 radical (unpaired) electrons. The Labute approximate surface area is 149 Å². The van der Waals surface area contributed by atoms with E-state index < -0.39 is 0 Å². The van der Waals surface area contributed by atoms with E-state index in [-0.39, 0.29) is 11.8 Å². The van der Waals surface area contributed by atoms with E-state index in [0.29, 0.717) is 30.7 Å². The van der Waals surface area contributed by atoms with Gasteiger partial charge in [-0.25, -0.2) is 4.98 Å². The number of rotatable bonds is 5. The van der Waals surface area contributed by atoms with Crippen LogP contribution in [-0.2, 0) is 29.1 Å². The molecule has 136 valence electrons. The van der Waals surface area contributed by atoms with Gasteiger partial charge in [-0.2, -0.15) is 0 Å². The molecule has 1 aromatic heterocycles. The average Bonchev–Trinajstić information content (AvgIpc) is 3.33. The van der Waals surface area contributed by atoms with Crippen LogP contribution in [0.15, 0.2) is 6.20 Å². The van der Waals surface area contributed by atoms with E-state index in [0.717, 1.165) is 50.4 Å². The summed E-state index contributed by atoms with van der Waals surface area (Å²) in [5.74, 6) is 3.04. The fraction of sp³-hybridized carbons (Fsp3) is 0.737. The van der Waals surface area contributed by atoms with Crippen molar-refractivity contribution in [2.24, 2.45) is 17.8 Å². The van der Waals surface area contributed by atoms with Gasteiger partial charge in [0.15, 0.2) is 0 Å². The molecule has 0 atom stereocenters. The number of imidazole rings is 1. The summed E-state index contributed by atoms with van der Waals surface area (Å²) in [6.45, 7) is 5.03. The predicted octanol–water partition coefficient (Wildman–Crippen LogP) is 1.73. The van der Waals surface area contributed by atoms with Gasteiger partial charge < -0.3 is 14.8 Å². The molecule has 0 unspecified atom stereocenters. The molecular weight excluding hydrogens is 316 g/mol. The summed E-state index contributed by atoms with van der Waals surface area (Å²) in [4.78, 5) is 31.1. The van der Waals surface area contributed by atoms with Crippen molar-refractivity contribution in [1.29, 1.82) is 0 Å². The smallest absolute Gasteiger partial charge is 0.225 e. The molecule has 6 nitrogen and oxygen atoms in total. The van der Waals surface area contributed by atoms with Gasteiger partial charge in [-0.1, -0.05) is 6.92 Å². The van der Waals surface area contributed by atoms with Crippen LogP contribution in [0, 0.1) is 17.8 Å². The summed E-state index contributed by atoms with van der Waals surface area (Å²) >= 11 is 0. The van der Waals surface area contributed by atoms with E-state index in [9.17, 15) is 9.59 Å². The SMILES string of the molecule is CC1CC(C(=O)N2CCc3ncc(CNC(=O)CC4CC4)n3CC2)C1. The van der Waals surface area contributed by atoms with Crippen molar-refractivity contribution in [3.8, 4) is 0 Å². The lowest BCUT2D eigenvalue weighted by atomic mass is 9.75. The van der Waals surface area contributed by atoms with E-state index in [1.54, 1.807) is 0 Å². The highest BCUT2D eigenvalue weighted by Gasteiger charge is 2.35. The predicted molar refractivity (Wildman–Crippen MR) is 93.6 cm³/mol. The van der Waals surface area contributed by atoms with Crippen molar-refractivity contribution in [2.75, 3.05) is 13.1 Å². The Bertz CT molecular complexity index is 658. The van der Waals surface area contributed by atoms with Gasteiger partial charge in [0.05, 0.1) is 18.4 Å². The van der Waals surface area contributed by atoms with Crippen LogP contribution in [0.1, 0.15) is 50.5 Å². The van der Waals surface area contributed by atoms with E-state index in [4.69, 9.17) is 0 Å². The molecule has 2 aliphatic carbocycles. The fourth-order valence-electron chi connectivity index (χ4n) is 4.06. The molecule has 0 bridgehead atoms.